The molecule has 1 fully saturated rings. The van der Waals surface area contributed by atoms with Gasteiger partial charge in [-0.2, -0.15) is 0 Å². The molecule has 1 rings (SSSR count). The Bertz CT molecular complexity index is 171. The summed E-state index contributed by atoms with van der Waals surface area (Å²) in [5.41, 5.74) is 0. The number of rotatable bonds is 5. The first-order chi connectivity index (χ1) is 7.17. The minimum atomic E-state index is 0.351. The lowest BCUT2D eigenvalue weighted by atomic mass is 10.1. The molecule has 0 spiro atoms. The van der Waals surface area contributed by atoms with Gasteiger partial charge in [0.25, 0.3) is 0 Å². The molecule has 1 heterocycles. The second-order valence-corrected chi connectivity index (χ2v) is 4.64. The second kappa shape index (κ2) is 6.46. The molecule has 1 saturated heterocycles. The van der Waals surface area contributed by atoms with Crippen LogP contribution in [0.2, 0.25) is 0 Å². The van der Waals surface area contributed by atoms with Crippen LogP contribution in [0.5, 0.6) is 0 Å². The molecular weight excluding hydrogens is 188 g/mol. The van der Waals surface area contributed by atoms with Crippen molar-refractivity contribution < 1.29 is 4.74 Å². The molecule has 0 radical (unpaired) electrons. The van der Waals surface area contributed by atoms with Crippen molar-refractivity contribution in [1.29, 1.82) is 0 Å². The largest absolute Gasteiger partial charge is 0.374 e. The van der Waals surface area contributed by atoms with Gasteiger partial charge in [-0.05, 0) is 26.8 Å². The third kappa shape index (κ3) is 4.09. The molecular formula is C12H26N2O. The molecule has 90 valence electrons. The van der Waals surface area contributed by atoms with Gasteiger partial charge in [0.2, 0.25) is 0 Å². The number of nitrogens with zero attached hydrogens (tertiary/aromatic N) is 1. The summed E-state index contributed by atoms with van der Waals surface area (Å²) in [6.07, 6.45) is 2.75. The fraction of sp³-hybridized carbons (Fsp3) is 1.00. The van der Waals surface area contributed by atoms with E-state index in [1.54, 1.807) is 0 Å². The van der Waals surface area contributed by atoms with E-state index in [1.807, 2.05) is 0 Å². The van der Waals surface area contributed by atoms with E-state index in [4.69, 9.17) is 4.74 Å². The highest BCUT2D eigenvalue weighted by atomic mass is 16.5. The Balaban J connectivity index is 2.34. The van der Waals surface area contributed by atoms with Gasteiger partial charge < -0.3 is 15.0 Å². The minimum Gasteiger partial charge on any atom is -0.374 e. The van der Waals surface area contributed by atoms with Gasteiger partial charge in [-0.25, -0.2) is 0 Å². The van der Waals surface area contributed by atoms with Gasteiger partial charge in [0.15, 0.2) is 0 Å². The van der Waals surface area contributed by atoms with Gasteiger partial charge in [0.1, 0.15) is 0 Å². The van der Waals surface area contributed by atoms with E-state index in [9.17, 15) is 0 Å². The van der Waals surface area contributed by atoms with E-state index in [0.717, 1.165) is 19.7 Å². The number of nitrogens with one attached hydrogen (secondary N) is 1. The number of morpholine rings is 1. The highest BCUT2D eigenvalue weighted by Crippen LogP contribution is 2.09. The Hall–Kier alpha value is -0.120. The molecule has 0 aromatic carbocycles. The molecule has 1 aliphatic rings. The normalized spacial score (nSPS) is 25.8. The summed E-state index contributed by atoms with van der Waals surface area (Å²) in [7, 11) is 2.17. The van der Waals surface area contributed by atoms with Crippen molar-refractivity contribution in [1.82, 2.24) is 10.2 Å². The molecule has 0 bridgehead atoms. The van der Waals surface area contributed by atoms with Crippen molar-refractivity contribution in [2.75, 3.05) is 26.7 Å². The summed E-state index contributed by atoms with van der Waals surface area (Å²) in [6, 6.07) is 1.09. The number of hydrogen-bond donors (Lipinski definition) is 1. The third-order valence-corrected chi connectivity index (χ3v) is 3.34. The Morgan fingerprint density at radius 2 is 2.07 bits per heavy atom. The monoisotopic (exact) mass is 214 g/mol. The third-order valence-electron chi connectivity index (χ3n) is 3.34. The quantitative estimate of drug-likeness (QED) is 0.750. The lowest BCUT2D eigenvalue weighted by Crippen LogP contribution is -2.52. The van der Waals surface area contributed by atoms with E-state index in [1.165, 1.54) is 12.8 Å². The predicted octanol–water partition coefficient (Wildman–Crippen LogP) is 1.48. The summed E-state index contributed by atoms with van der Waals surface area (Å²) in [5.74, 6) is 0. The maximum atomic E-state index is 5.80. The van der Waals surface area contributed by atoms with E-state index in [2.05, 4.69) is 38.0 Å². The van der Waals surface area contributed by atoms with Crippen LogP contribution in [-0.2, 0) is 4.74 Å². The van der Waals surface area contributed by atoms with Gasteiger partial charge in [0, 0.05) is 25.2 Å². The Labute approximate surface area is 94.2 Å². The molecule has 2 unspecified atom stereocenters. The molecule has 2 atom stereocenters. The van der Waals surface area contributed by atoms with Crippen LogP contribution in [0, 0.1) is 0 Å². The van der Waals surface area contributed by atoms with Crippen molar-refractivity contribution in [3.05, 3.63) is 0 Å². The van der Waals surface area contributed by atoms with E-state index >= 15 is 0 Å². The lowest BCUT2D eigenvalue weighted by molar-refractivity contribution is -0.0372. The number of hydrogen-bond acceptors (Lipinski definition) is 3. The predicted molar refractivity (Wildman–Crippen MR) is 64.2 cm³/mol. The van der Waals surface area contributed by atoms with Gasteiger partial charge in [0.05, 0.1) is 12.7 Å². The number of ether oxygens (including phenoxy) is 1. The van der Waals surface area contributed by atoms with Crippen LogP contribution >= 0.6 is 0 Å². The van der Waals surface area contributed by atoms with Gasteiger partial charge in [-0.1, -0.05) is 13.8 Å². The van der Waals surface area contributed by atoms with Crippen LogP contribution in [0.4, 0.5) is 0 Å². The zero-order chi connectivity index (χ0) is 11.3. The molecule has 3 heteroatoms. The molecule has 1 N–H and O–H groups in total. The maximum Gasteiger partial charge on any atom is 0.0852 e. The van der Waals surface area contributed by atoms with Crippen LogP contribution in [0.15, 0.2) is 0 Å². The van der Waals surface area contributed by atoms with Gasteiger partial charge in [-0.3, -0.25) is 0 Å². The average Bonchev–Trinajstić information content (AvgIpc) is 2.25. The maximum absolute atomic E-state index is 5.80. The Morgan fingerprint density at radius 3 is 2.60 bits per heavy atom. The second-order valence-electron chi connectivity index (χ2n) is 4.64. The van der Waals surface area contributed by atoms with Gasteiger partial charge >= 0.3 is 0 Å². The zero-order valence-electron chi connectivity index (χ0n) is 10.6. The fourth-order valence-corrected chi connectivity index (χ4v) is 2.12. The molecule has 1 aliphatic heterocycles. The number of likely N-dealkylation sites (N-methyl/N-ethyl adjacent to an activating group) is 1. The van der Waals surface area contributed by atoms with E-state index in [0.29, 0.717) is 18.2 Å². The van der Waals surface area contributed by atoms with Crippen molar-refractivity contribution in [3.63, 3.8) is 0 Å². The van der Waals surface area contributed by atoms with Crippen LogP contribution in [-0.4, -0.2) is 49.8 Å². The molecule has 0 aromatic rings. The molecule has 0 aromatic heterocycles. The molecule has 0 aliphatic carbocycles. The lowest BCUT2D eigenvalue weighted by Gasteiger charge is -2.35. The van der Waals surface area contributed by atoms with Crippen LogP contribution < -0.4 is 5.32 Å². The SMILES string of the molecule is CCC(CC)NC(C)C1CN(C)CCO1. The standard InChI is InChI=1S/C12H26N2O/c1-5-11(6-2)13-10(3)12-9-14(4)7-8-15-12/h10-13H,5-9H2,1-4H3. The van der Waals surface area contributed by atoms with E-state index < -0.39 is 0 Å². The minimum absolute atomic E-state index is 0.351. The van der Waals surface area contributed by atoms with Crippen molar-refractivity contribution in [3.8, 4) is 0 Å². The highest BCUT2D eigenvalue weighted by Gasteiger charge is 2.24. The topological polar surface area (TPSA) is 24.5 Å². The van der Waals surface area contributed by atoms with Crippen molar-refractivity contribution in [2.45, 2.75) is 51.8 Å². The highest BCUT2D eigenvalue weighted by molar-refractivity contribution is 4.81. The van der Waals surface area contributed by atoms with Crippen molar-refractivity contribution in [2.24, 2.45) is 0 Å². The summed E-state index contributed by atoms with van der Waals surface area (Å²) in [4.78, 5) is 2.35. The molecule has 0 amide bonds. The molecule has 15 heavy (non-hydrogen) atoms. The summed E-state index contributed by atoms with van der Waals surface area (Å²) in [6.45, 7) is 9.70. The van der Waals surface area contributed by atoms with E-state index in [-0.39, 0.29) is 0 Å². The first-order valence-corrected chi connectivity index (χ1v) is 6.23. The van der Waals surface area contributed by atoms with Crippen molar-refractivity contribution >= 4 is 0 Å². The Kier molecular flexibility index (Phi) is 5.58. The average molecular weight is 214 g/mol. The smallest absolute Gasteiger partial charge is 0.0852 e. The first-order valence-electron chi connectivity index (χ1n) is 6.23. The van der Waals surface area contributed by atoms with Gasteiger partial charge in [-0.15, -0.1) is 0 Å². The zero-order valence-corrected chi connectivity index (χ0v) is 10.6. The summed E-state index contributed by atoms with van der Waals surface area (Å²) in [5, 5.41) is 3.65. The molecule has 3 nitrogen and oxygen atoms in total. The van der Waals surface area contributed by atoms with Crippen LogP contribution in [0.1, 0.15) is 33.6 Å². The van der Waals surface area contributed by atoms with Crippen LogP contribution in [0.25, 0.3) is 0 Å². The fourth-order valence-electron chi connectivity index (χ4n) is 2.12. The summed E-state index contributed by atoms with van der Waals surface area (Å²) >= 11 is 0. The Morgan fingerprint density at radius 1 is 1.40 bits per heavy atom. The first kappa shape index (κ1) is 12.9. The summed E-state index contributed by atoms with van der Waals surface area (Å²) < 4.78 is 5.80. The molecule has 0 saturated carbocycles. The van der Waals surface area contributed by atoms with Crippen LogP contribution in [0.3, 0.4) is 0 Å².